The third-order valence-electron chi connectivity index (χ3n) is 10.00. The molecule has 2 aliphatic heterocycles. The van der Waals surface area contributed by atoms with Crippen LogP contribution in [0.25, 0.3) is 33.3 Å². The Morgan fingerprint density at radius 1 is 0.957 bits per heavy atom. The van der Waals surface area contributed by atoms with E-state index in [1.54, 1.807) is 41.1 Å². The van der Waals surface area contributed by atoms with Crippen LogP contribution in [-0.4, -0.2) is 51.0 Å². The molecule has 0 amide bonds. The van der Waals surface area contributed by atoms with Crippen LogP contribution in [0.3, 0.4) is 0 Å². The summed E-state index contributed by atoms with van der Waals surface area (Å²) in [6.07, 6.45) is 2.66. The molecule has 0 fully saturated rings. The molecule has 0 saturated heterocycles. The molecule has 7 rings (SSSR count). The summed E-state index contributed by atoms with van der Waals surface area (Å²) in [5, 5.41) is 0.727. The third kappa shape index (κ3) is 5.20. The molecule has 5 aromatic rings. The van der Waals surface area contributed by atoms with Crippen molar-refractivity contribution in [3.8, 4) is 22.4 Å². The minimum absolute atomic E-state index is 0.117. The van der Waals surface area contributed by atoms with E-state index < -0.39 is 10.0 Å². The first-order valence-electron chi connectivity index (χ1n) is 16.5. The van der Waals surface area contributed by atoms with Gasteiger partial charge in [0.2, 0.25) is 5.95 Å². The Morgan fingerprint density at radius 2 is 1.66 bits per heavy atom. The van der Waals surface area contributed by atoms with Crippen LogP contribution < -0.4 is 10.5 Å². The van der Waals surface area contributed by atoms with Crippen molar-refractivity contribution in [1.29, 1.82) is 0 Å². The summed E-state index contributed by atoms with van der Waals surface area (Å²) in [5.74, 6) is 0.607. The van der Waals surface area contributed by atoms with Crippen molar-refractivity contribution < 1.29 is 8.42 Å². The quantitative estimate of drug-likeness (QED) is 0.200. The molecule has 3 aromatic carbocycles. The molecule has 2 aliphatic rings. The van der Waals surface area contributed by atoms with Gasteiger partial charge in [-0.3, -0.25) is 14.3 Å². The molecular weight excluding hydrogens is 607 g/mol. The minimum atomic E-state index is -3.95. The number of benzene rings is 3. The Morgan fingerprint density at radius 3 is 2.36 bits per heavy atom. The maximum Gasteiger partial charge on any atom is 0.268 e. The Balaban J connectivity index is 1.43. The summed E-state index contributed by atoms with van der Waals surface area (Å²) in [6, 6.07) is 21.7. The smallest absolute Gasteiger partial charge is 0.268 e. The van der Waals surface area contributed by atoms with Crippen LogP contribution in [-0.2, 0) is 29.5 Å². The highest BCUT2D eigenvalue weighted by Gasteiger charge is 2.40. The fraction of sp³-hybridized carbons (Fsp3) is 0.368. The average molecular weight is 650 g/mol. The summed E-state index contributed by atoms with van der Waals surface area (Å²) < 4.78 is 31.4. The lowest BCUT2D eigenvalue weighted by Crippen LogP contribution is -2.45. The first-order chi connectivity index (χ1) is 22.3. The second-order valence-corrected chi connectivity index (χ2v) is 15.9. The van der Waals surface area contributed by atoms with E-state index in [2.05, 4.69) is 69.5 Å². The molecule has 4 heterocycles. The van der Waals surface area contributed by atoms with Crippen LogP contribution in [0, 0.1) is 6.92 Å². The SMILES string of the molecule is CCN1Cc2cc(-c3ccc4c(c3)c(-c3cc(=O)n5c(n3)N(C(C)C)C(C)(C)C5)cn4S(=O)(=O)c3ccc(C)cc3)ccc2CC1C. The van der Waals surface area contributed by atoms with E-state index in [1.807, 2.05) is 25.1 Å². The summed E-state index contributed by atoms with van der Waals surface area (Å²) >= 11 is 0. The maximum absolute atomic E-state index is 14.1. The second kappa shape index (κ2) is 11.2. The van der Waals surface area contributed by atoms with Gasteiger partial charge in [-0.1, -0.05) is 42.8 Å². The highest BCUT2D eigenvalue weighted by Crippen LogP contribution is 2.39. The Labute approximate surface area is 277 Å². The second-order valence-electron chi connectivity index (χ2n) is 14.1. The van der Waals surface area contributed by atoms with Gasteiger partial charge in [-0.05, 0) is 107 Å². The molecule has 1 unspecified atom stereocenters. The van der Waals surface area contributed by atoms with E-state index in [1.165, 1.54) is 15.1 Å². The molecule has 0 N–H and O–H groups in total. The largest absolute Gasteiger partial charge is 0.333 e. The molecule has 9 heteroatoms. The first-order valence-corrected chi connectivity index (χ1v) is 18.0. The molecule has 0 saturated carbocycles. The molecular formula is C38H43N5O3S. The molecule has 0 aliphatic carbocycles. The molecule has 1 atom stereocenters. The Kier molecular flexibility index (Phi) is 7.48. The fourth-order valence-corrected chi connectivity index (χ4v) is 9.00. The highest BCUT2D eigenvalue weighted by atomic mass is 32.2. The van der Waals surface area contributed by atoms with Gasteiger partial charge in [0, 0.05) is 41.8 Å². The van der Waals surface area contributed by atoms with Gasteiger partial charge in [-0.15, -0.1) is 0 Å². The van der Waals surface area contributed by atoms with Gasteiger partial charge in [-0.25, -0.2) is 17.4 Å². The number of likely N-dealkylation sites (N-methyl/N-ethyl adjacent to an activating group) is 1. The molecule has 0 spiro atoms. The molecule has 47 heavy (non-hydrogen) atoms. The zero-order chi connectivity index (χ0) is 33.4. The van der Waals surface area contributed by atoms with Crippen LogP contribution in [0.4, 0.5) is 5.95 Å². The number of fused-ring (bicyclic) bond motifs is 3. The molecule has 2 aromatic heterocycles. The number of rotatable bonds is 6. The monoisotopic (exact) mass is 649 g/mol. The predicted octanol–water partition coefficient (Wildman–Crippen LogP) is 6.85. The summed E-state index contributed by atoms with van der Waals surface area (Å²) in [5.41, 5.74) is 6.91. The average Bonchev–Trinajstić information content (AvgIpc) is 3.55. The Hall–Kier alpha value is -4.21. The van der Waals surface area contributed by atoms with E-state index in [0.29, 0.717) is 35.3 Å². The minimum Gasteiger partial charge on any atom is -0.333 e. The van der Waals surface area contributed by atoms with Crippen LogP contribution in [0.5, 0.6) is 0 Å². The van der Waals surface area contributed by atoms with Crippen molar-refractivity contribution in [1.82, 2.24) is 18.4 Å². The van der Waals surface area contributed by atoms with E-state index in [9.17, 15) is 13.2 Å². The molecule has 0 radical (unpaired) electrons. The van der Waals surface area contributed by atoms with Gasteiger partial charge in [0.15, 0.2) is 0 Å². The van der Waals surface area contributed by atoms with Crippen molar-refractivity contribution in [3.05, 3.63) is 100.0 Å². The first kappa shape index (κ1) is 31.4. The van der Waals surface area contributed by atoms with Gasteiger partial charge in [0.05, 0.1) is 28.2 Å². The highest BCUT2D eigenvalue weighted by molar-refractivity contribution is 7.90. The van der Waals surface area contributed by atoms with Crippen molar-refractivity contribution in [3.63, 3.8) is 0 Å². The lowest BCUT2D eigenvalue weighted by atomic mass is 9.91. The van der Waals surface area contributed by atoms with E-state index >= 15 is 0 Å². The van der Waals surface area contributed by atoms with Crippen molar-refractivity contribution in [2.24, 2.45) is 0 Å². The Bertz CT molecular complexity index is 2200. The lowest BCUT2D eigenvalue weighted by molar-refractivity contribution is 0.195. The number of nitrogens with zero attached hydrogens (tertiary/aromatic N) is 5. The van der Waals surface area contributed by atoms with Gasteiger partial charge in [-0.2, -0.15) is 0 Å². The molecule has 244 valence electrons. The number of aryl methyl sites for hydroxylation is 1. The van der Waals surface area contributed by atoms with Crippen molar-refractivity contribution >= 4 is 26.9 Å². The standard InChI is InChI=1S/C38H43N5O3S/c1-8-40-21-30-18-28(12-11-27(30)17-26(40)5)29-13-16-35-32(19-29)33(22-42(35)47(45,46)31-14-9-25(4)10-15-31)34-20-36(44)41-23-38(6,7)43(24(2)3)37(41)39-34/h9-16,18-20,22,24,26H,8,17,21,23H2,1-7H3. The topological polar surface area (TPSA) is 80.4 Å². The van der Waals surface area contributed by atoms with Gasteiger partial charge < -0.3 is 4.90 Å². The predicted molar refractivity (Wildman–Crippen MR) is 190 cm³/mol. The van der Waals surface area contributed by atoms with Gasteiger partial charge >= 0.3 is 0 Å². The number of hydrogen-bond acceptors (Lipinski definition) is 6. The normalized spacial score (nSPS) is 17.8. The van der Waals surface area contributed by atoms with Crippen LogP contribution in [0.2, 0.25) is 0 Å². The van der Waals surface area contributed by atoms with Crippen LogP contribution in [0.1, 0.15) is 58.2 Å². The summed E-state index contributed by atoms with van der Waals surface area (Å²) in [7, 11) is -3.95. The van der Waals surface area contributed by atoms with Gasteiger partial charge in [0.25, 0.3) is 15.6 Å². The van der Waals surface area contributed by atoms with Crippen LogP contribution >= 0.6 is 0 Å². The molecule has 8 nitrogen and oxygen atoms in total. The number of anilines is 1. The van der Waals surface area contributed by atoms with E-state index in [0.717, 1.165) is 41.6 Å². The number of hydrogen-bond donors (Lipinski definition) is 0. The van der Waals surface area contributed by atoms with Crippen LogP contribution in [0.15, 0.2) is 82.6 Å². The third-order valence-corrected chi connectivity index (χ3v) is 11.7. The van der Waals surface area contributed by atoms with Crippen molar-refractivity contribution in [2.75, 3.05) is 11.4 Å². The zero-order valence-electron chi connectivity index (χ0n) is 28.3. The van der Waals surface area contributed by atoms with E-state index in [4.69, 9.17) is 4.98 Å². The van der Waals surface area contributed by atoms with Crippen molar-refractivity contribution in [2.45, 2.75) is 90.5 Å². The van der Waals surface area contributed by atoms with E-state index in [-0.39, 0.29) is 22.0 Å². The van der Waals surface area contributed by atoms with Gasteiger partial charge in [0.1, 0.15) is 0 Å². The molecule has 0 bridgehead atoms. The summed E-state index contributed by atoms with van der Waals surface area (Å²) in [4.78, 5) is 23.6. The lowest BCUT2D eigenvalue weighted by Gasteiger charge is -2.35. The zero-order valence-corrected chi connectivity index (χ0v) is 29.1. The summed E-state index contributed by atoms with van der Waals surface area (Å²) in [6.45, 7) is 17.3. The number of aromatic nitrogens is 3. The maximum atomic E-state index is 14.1. The fourth-order valence-electron chi connectivity index (χ4n) is 7.63.